The molecule has 0 saturated carbocycles. The summed E-state index contributed by atoms with van der Waals surface area (Å²) in [7, 11) is 0. The number of carbonyl (C=O) groups excluding carboxylic acids is 1. The second-order valence-corrected chi connectivity index (χ2v) is 4.51. The van der Waals surface area contributed by atoms with Gasteiger partial charge in [-0.25, -0.2) is 4.79 Å². The van der Waals surface area contributed by atoms with Crippen LogP contribution in [-0.4, -0.2) is 22.5 Å². The monoisotopic (exact) mass is 250 g/mol. The van der Waals surface area contributed by atoms with E-state index in [0.29, 0.717) is 17.7 Å². The summed E-state index contributed by atoms with van der Waals surface area (Å²) < 4.78 is 0. The molecule has 1 amide bonds. The van der Waals surface area contributed by atoms with Crippen molar-refractivity contribution in [3.8, 4) is 0 Å². The molecule has 0 spiro atoms. The Hall–Kier alpha value is -2.04. The highest BCUT2D eigenvalue weighted by atomic mass is 16.4. The molecule has 1 atom stereocenters. The number of nitrogens with one attached hydrogen (secondary N) is 1. The minimum absolute atomic E-state index is 0.439. The van der Waals surface area contributed by atoms with E-state index < -0.39 is 17.4 Å². The third-order valence-electron chi connectivity index (χ3n) is 3.09. The average molecular weight is 250 g/mol. The standard InChI is InChI=1S/C13H18N2O3/c1-4-13(3,12(17)18)15-9-5-6-10(11(14)16)8(2)7-9/h5-7,15H,4H2,1-3H3,(H2,14,16)(H,17,18). The van der Waals surface area contributed by atoms with E-state index in [-0.39, 0.29) is 0 Å². The molecule has 5 heteroatoms. The molecule has 1 rings (SSSR count). The van der Waals surface area contributed by atoms with Gasteiger partial charge in [0.05, 0.1) is 0 Å². The summed E-state index contributed by atoms with van der Waals surface area (Å²) in [5, 5.41) is 12.1. The Morgan fingerprint density at radius 1 is 1.44 bits per heavy atom. The van der Waals surface area contributed by atoms with Crippen molar-refractivity contribution in [3.05, 3.63) is 29.3 Å². The summed E-state index contributed by atoms with van der Waals surface area (Å²) >= 11 is 0. The van der Waals surface area contributed by atoms with E-state index in [4.69, 9.17) is 10.8 Å². The normalized spacial score (nSPS) is 13.7. The van der Waals surface area contributed by atoms with Crippen molar-refractivity contribution in [2.75, 3.05) is 5.32 Å². The van der Waals surface area contributed by atoms with Gasteiger partial charge in [-0.15, -0.1) is 0 Å². The van der Waals surface area contributed by atoms with Crippen LogP contribution in [0, 0.1) is 6.92 Å². The third kappa shape index (κ3) is 2.80. The largest absolute Gasteiger partial charge is 0.480 e. The zero-order valence-corrected chi connectivity index (χ0v) is 10.8. The molecule has 5 nitrogen and oxygen atoms in total. The fraction of sp³-hybridized carbons (Fsp3) is 0.385. The molecule has 0 aromatic heterocycles. The highest BCUT2D eigenvalue weighted by molar-refractivity contribution is 5.94. The fourth-order valence-corrected chi connectivity index (χ4v) is 1.63. The van der Waals surface area contributed by atoms with Gasteiger partial charge in [-0.1, -0.05) is 6.92 Å². The van der Waals surface area contributed by atoms with Crippen molar-refractivity contribution >= 4 is 17.6 Å². The van der Waals surface area contributed by atoms with E-state index in [2.05, 4.69) is 5.32 Å². The molecule has 0 heterocycles. The van der Waals surface area contributed by atoms with Crippen molar-refractivity contribution in [2.24, 2.45) is 5.73 Å². The number of amides is 1. The molecule has 1 unspecified atom stereocenters. The lowest BCUT2D eigenvalue weighted by Gasteiger charge is -2.26. The molecule has 0 bridgehead atoms. The maximum atomic E-state index is 11.2. The molecule has 0 aliphatic heterocycles. The van der Waals surface area contributed by atoms with E-state index in [1.807, 2.05) is 0 Å². The highest BCUT2D eigenvalue weighted by Crippen LogP contribution is 2.21. The van der Waals surface area contributed by atoms with Crippen LogP contribution in [0.4, 0.5) is 5.69 Å². The van der Waals surface area contributed by atoms with Crippen LogP contribution in [0.25, 0.3) is 0 Å². The van der Waals surface area contributed by atoms with E-state index in [0.717, 1.165) is 5.56 Å². The molecule has 18 heavy (non-hydrogen) atoms. The quantitative estimate of drug-likeness (QED) is 0.742. The molecule has 4 N–H and O–H groups in total. The van der Waals surface area contributed by atoms with Crippen LogP contribution in [0.15, 0.2) is 18.2 Å². The number of carbonyl (C=O) groups is 2. The summed E-state index contributed by atoms with van der Waals surface area (Å²) in [6.07, 6.45) is 0.443. The number of carboxylic acids is 1. The first-order valence-corrected chi connectivity index (χ1v) is 5.72. The molecule has 98 valence electrons. The number of aryl methyl sites for hydroxylation is 1. The number of aliphatic carboxylic acids is 1. The van der Waals surface area contributed by atoms with Crippen molar-refractivity contribution < 1.29 is 14.7 Å². The number of carboxylic acid groups (broad SMARTS) is 1. The summed E-state index contributed by atoms with van der Waals surface area (Å²) in [5.41, 5.74) is 6.00. The van der Waals surface area contributed by atoms with Crippen LogP contribution < -0.4 is 11.1 Å². The van der Waals surface area contributed by atoms with Crippen LogP contribution >= 0.6 is 0 Å². The van der Waals surface area contributed by atoms with Crippen LogP contribution in [0.3, 0.4) is 0 Å². The minimum Gasteiger partial charge on any atom is -0.480 e. The van der Waals surface area contributed by atoms with Crippen molar-refractivity contribution in [1.82, 2.24) is 0 Å². The van der Waals surface area contributed by atoms with Gasteiger partial charge >= 0.3 is 5.97 Å². The first-order valence-electron chi connectivity index (χ1n) is 5.72. The van der Waals surface area contributed by atoms with Gasteiger partial charge in [0.25, 0.3) is 0 Å². The van der Waals surface area contributed by atoms with Gasteiger partial charge in [-0.3, -0.25) is 4.79 Å². The second-order valence-electron chi connectivity index (χ2n) is 4.51. The number of rotatable bonds is 5. The zero-order valence-electron chi connectivity index (χ0n) is 10.8. The van der Waals surface area contributed by atoms with Gasteiger partial charge in [0, 0.05) is 11.3 Å². The topological polar surface area (TPSA) is 92.4 Å². The van der Waals surface area contributed by atoms with Gasteiger partial charge in [0.15, 0.2) is 0 Å². The Bertz CT molecular complexity index is 485. The minimum atomic E-state index is -1.03. The van der Waals surface area contributed by atoms with Crippen LogP contribution in [0.5, 0.6) is 0 Å². The smallest absolute Gasteiger partial charge is 0.329 e. The number of hydrogen-bond acceptors (Lipinski definition) is 3. The Kier molecular flexibility index (Phi) is 3.96. The molecule has 0 saturated heterocycles. The lowest BCUT2D eigenvalue weighted by atomic mass is 9.98. The fourth-order valence-electron chi connectivity index (χ4n) is 1.63. The van der Waals surface area contributed by atoms with Crippen molar-refractivity contribution in [3.63, 3.8) is 0 Å². The number of nitrogens with two attached hydrogens (primary N) is 1. The first kappa shape index (κ1) is 14.0. The summed E-state index contributed by atoms with van der Waals surface area (Å²) in [5.74, 6) is -1.41. The SMILES string of the molecule is CCC(C)(Nc1ccc(C(N)=O)c(C)c1)C(=O)O. The van der Waals surface area contributed by atoms with Gasteiger partial charge in [0.2, 0.25) is 5.91 Å². The van der Waals surface area contributed by atoms with E-state index in [1.54, 1.807) is 39.0 Å². The number of primary amides is 1. The molecule has 0 radical (unpaired) electrons. The number of benzene rings is 1. The molecule has 0 fully saturated rings. The molecule has 1 aromatic rings. The van der Waals surface area contributed by atoms with Gasteiger partial charge < -0.3 is 16.2 Å². The second kappa shape index (κ2) is 5.08. The lowest BCUT2D eigenvalue weighted by Crippen LogP contribution is -2.42. The summed E-state index contributed by atoms with van der Waals surface area (Å²) in [4.78, 5) is 22.3. The van der Waals surface area contributed by atoms with E-state index >= 15 is 0 Å². The Balaban J connectivity index is 3.03. The van der Waals surface area contributed by atoms with Gasteiger partial charge in [0.1, 0.15) is 5.54 Å². The molecular formula is C13H18N2O3. The molecular weight excluding hydrogens is 232 g/mol. The maximum absolute atomic E-state index is 11.2. The van der Waals surface area contributed by atoms with E-state index in [9.17, 15) is 9.59 Å². The van der Waals surface area contributed by atoms with Crippen LogP contribution in [-0.2, 0) is 4.79 Å². The summed E-state index contributed by atoms with van der Waals surface area (Å²) in [6, 6.07) is 4.97. The zero-order chi connectivity index (χ0) is 13.9. The lowest BCUT2D eigenvalue weighted by molar-refractivity contribution is -0.141. The van der Waals surface area contributed by atoms with Crippen LogP contribution in [0.2, 0.25) is 0 Å². The predicted octanol–water partition coefficient (Wildman–Crippen LogP) is 1.76. The summed E-state index contributed by atoms with van der Waals surface area (Å²) in [6.45, 7) is 5.17. The highest BCUT2D eigenvalue weighted by Gasteiger charge is 2.30. The van der Waals surface area contributed by atoms with Crippen molar-refractivity contribution in [2.45, 2.75) is 32.7 Å². The Morgan fingerprint density at radius 2 is 2.06 bits per heavy atom. The van der Waals surface area contributed by atoms with E-state index in [1.165, 1.54) is 0 Å². The van der Waals surface area contributed by atoms with Crippen LogP contribution in [0.1, 0.15) is 36.2 Å². The van der Waals surface area contributed by atoms with Crippen molar-refractivity contribution in [1.29, 1.82) is 0 Å². The van der Waals surface area contributed by atoms with Gasteiger partial charge in [-0.2, -0.15) is 0 Å². The third-order valence-corrected chi connectivity index (χ3v) is 3.09. The maximum Gasteiger partial charge on any atom is 0.329 e. The van der Waals surface area contributed by atoms with Gasteiger partial charge in [-0.05, 0) is 44.0 Å². The predicted molar refractivity (Wildman–Crippen MR) is 69.7 cm³/mol. The Morgan fingerprint density at radius 3 is 2.44 bits per heavy atom. The molecule has 0 aliphatic rings. The number of hydrogen-bond donors (Lipinski definition) is 3. The Labute approximate surface area is 106 Å². The number of anilines is 1. The molecule has 0 aliphatic carbocycles. The average Bonchev–Trinajstić information content (AvgIpc) is 2.28. The first-order chi connectivity index (χ1) is 8.30. The molecule has 1 aromatic carbocycles.